The molecule has 0 fully saturated rings. The first-order valence-corrected chi connectivity index (χ1v) is 9.69. The highest BCUT2D eigenvalue weighted by Gasteiger charge is 2.15. The molecule has 0 bridgehead atoms. The predicted octanol–water partition coefficient (Wildman–Crippen LogP) is 5.41. The lowest BCUT2D eigenvalue weighted by Gasteiger charge is -2.19. The molecule has 1 N–H and O–H groups in total. The van der Waals surface area contributed by atoms with Crippen LogP contribution in [0, 0.1) is 5.41 Å². The molecule has 0 atom stereocenters. The number of carbonyl (C=O) groups is 1. The van der Waals surface area contributed by atoms with Gasteiger partial charge < -0.3 is 10.1 Å². The van der Waals surface area contributed by atoms with Crippen molar-refractivity contribution in [3.8, 4) is 0 Å². The number of nitrogens with one attached hydrogen (secondary N) is 1. The van der Waals surface area contributed by atoms with E-state index in [0.717, 1.165) is 22.8 Å². The Balaban J connectivity index is 0.00000254. The Hall–Kier alpha value is -1.23. The van der Waals surface area contributed by atoms with Crippen molar-refractivity contribution in [1.82, 2.24) is 10.3 Å². The number of hydrogen-bond acceptors (Lipinski definition) is 4. The summed E-state index contributed by atoms with van der Waals surface area (Å²) in [5, 5.41) is 2.73. The molecule has 138 valence electrons. The van der Waals surface area contributed by atoms with Crippen LogP contribution < -0.4 is 5.32 Å². The van der Waals surface area contributed by atoms with Gasteiger partial charge in [-0.3, -0.25) is 4.98 Å². The summed E-state index contributed by atoms with van der Waals surface area (Å²) in [4.78, 5) is 16.0. The van der Waals surface area contributed by atoms with Crippen LogP contribution in [-0.2, 0) is 17.0 Å². The number of ether oxygens (including phenoxy) is 1. The van der Waals surface area contributed by atoms with Crippen molar-refractivity contribution < 1.29 is 9.53 Å². The van der Waals surface area contributed by atoms with E-state index in [1.807, 2.05) is 64.7 Å². The fraction of sp³-hybridized carbons (Fsp3) is 0.684. The number of alkyl carbamates (subject to hydrolysis) is 1. The molecule has 1 rings (SSSR count). The van der Waals surface area contributed by atoms with Gasteiger partial charge in [0.25, 0.3) is 0 Å². The highest BCUT2D eigenvalue weighted by Crippen LogP contribution is 2.22. The van der Waals surface area contributed by atoms with E-state index in [1.165, 1.54) is 0 Å². The number of carbonyl (C=O) groups excluding carboxylic acids is 1. The van der Waals surface area contributed by atoms with Gasteiger partial charge in [0.15, 0.2) is 0 Å². The number of thioether (sulfide) groups is 1. The van der Waals surface area contributed by atoms with Gasteiger partial charge in [-0.05, 0) is 43.6 Å². The fourth-order valence-electron chi connectivity index (χ4n) is 1.60. The summed E-state index contributed by atoms with van der Waals surface area (Å²) in [6.45, 7) is 16.7. The standard InChI is InChI=1S/C17H28N2O2S.C2H6/c1-16(2,3)12-22-11-14-8-7-13(9-18-14)10-19-15(20)21-17(4,5)6;1-2/h7-9H,10-12H2,1-6H3,(H,19,20);1-2H3. The Labute approximate surface area is 152 Å². The third-order valence-corrected chi connectivity index (χ3v) is 4.08. The van der Waals surface area contributed by atoms with Crippen LogP contribution in [0.15, 0.2) is 18.3 Å². The second-order valence-electron chi connectivity index (χ2n) is 7.57. The van der Waals surface area contributed by atoms with Crippen molar-refractivity contribution >= 4 is 17.9 Å². The molecule has 5 heteroatoms. The smallest absolute Gasteiger partial charge is 0.407 e. The van der Waals surface area contributed by atoms with Crippen LogP contribution in [0.5, 0.6) is 0 Å². The van der Waals surface area contributed by atoms with E-state index in [4.69, 9.17) is 4.74 Å². The quantitative estimate of drug-likeness (QED) is 0.768. The maximum Gasteiger partial charge on any atom is 0.407 e. The summed E-state index contributed by atoms with van der Waals surface area (Å²) in [6, 6.07) is 4.01. The lowest BCUT2D eigenvalue weighted by atomic mass is 10.0. The van der Waals surface area contributed by atoms with Gasteiger partial charge in [0.2, 0.25) is 0 Å². The first kappa shape index (κ1) is 22.8. The molecule has 24 heavy (non-hydrogen) atoms. The molecule has 0 aliphatic rings. The number of pyridine rings is 1. The van der Waals surface area contributed by atoms with Crippen LogP contribution in [0.25, 0.3) is 0 Å². The lowest BCUT2D eigenvalue weighted by Crippen LogP contribution is -2.32. The van der Waals surface area contributed by atoms with E-state index in [9.17, 15) is 4.79 Å². The number of rotatable bonds is 5. The summed E-state index contributed by atoms with van der Waals surface area (Å²) in [5.74, 6) is 2.02. The maximum absolute atomic E-state index is 11.6. The highest BCUT2D eigenvalue weighted by atomic mass is 32.2. The molecule has 0 unspecified atom stereocenters. The minimum absolute atomic E-state index is 0.335. The van der Waals surface area contributed by atoms with Gasteiger partial charge in [-0.15, -0.1) is 0 Å². The zero-order valence-electron chi connectivity index (χ0n) is 16.5. The molecule has 0 radical (unpaired) electrons. The second kappa shape index (κ2) is 10.6. The van der Waals surface area contributed by atoms with E-state index in [2.05, 4.69) is 31.1 Å². The number of nitrogens with zero attached hydrogens (tertiary/aromatic N) is 1. The zero-order chi connectivity index (χ0) is 18.8. The van der Waals surface area contributed by atoms with E-state index in [1.54, 1.807) is 0 Å². The number of aromatic nitrogens is 1. The Bertz CT molecular complexity index is 474. The van der Waals surface area contributed by atoms with E-state index < -0.39 is 11.7 Å². The van der Waals surface area contributed by atoms with Gasteiger partial charge in [-0.2, -0.15) is 11.8 Å². The van der Waals surface area contributed by atoms with Crippen molar-refractivity contribution in [2.45, 2.75) is 73.3 Å². The van der Waals surface area contributed by atoms with Gasteiger partial charge in [-0.1, -0.05) is 40.7 Å². The predicted molar refractivity (Wildman–Crippen MR) is 104 cm³/mol. The third kappa shape index (κ3) is 12.2. The van der Waals surface area contributed by atoms with Crippen LogP contribution in [0.1, 0.15) is 66.6 Å². The van der Waals surface area contributed by atoms with Crippen molar-refractivity contribution in [2.24, 2.45) is 5.41 Å². The molecule has 4 nitrogen and oxygen atoms in total. The summed E-state index contributed by atoms with van der Waals surface area (Å²) < 4.78 is 5.19. The van der Waals surface area contributed by atoms with Crippen LogP contribution in [0.4, 0.5) is 4.79 Å². The molecule has 0 spiro atoms. The first-order chi connectivity index (χ1) is 11.1. The minimum Gasteiger partial charge on any atom is -0.444 e. The van der Waals surface area contributed by atoms with Gasteiger partial charge >= 0.3 is 6.09 Å². The molecule has 1 aromatic rings. The minimum atomic E-state index is -0.476. The van der Waals surface area contributed by atoms with Gasteiger partial charge in [0.05, 0.1) is 5.69 Å². The normalized spacial score (nSPS) is 11.3. The van der Waals surface area contributed by atoms with E-state index >= 15 is 0 Å². The summed E-state index contributed by atoms with van der Waals surface area (Å²) in [5.41, 5.74) is 1.89. The Morgan fingerprint density at radius 2 is 1.79 bits per heavy atom. The van der Waals surface area contributed by atoms with Crippen molar-refractivity contribution in [2.75, 3.05) is 5.75 Å². The second-order valence-corrected chi connectivity index (χ2v) is 8.55. The maximum atomic E-state index is 11.6. The molecule has 0 aromatic carbocycles. The fourth-order valence-corrected chi connectivity index (χ4v) is 2.69. The zero-order valence-corrected chi connectivity index (χ0v) is 17.3. The first-order valence-electron chi connectivity index (χ1n) is 8.54. The monoisotopic (exact) mass is 354 g/mol. The molecular weight excluding hydrogens is 320 g/mol. The van der Waals surface area contributed by atoms with Gasteiger partial charge in [0.1, 0.15) is 5.60 Å². The molecule has 0 saturated carbocycles. The van der Waals surface area contributed by atoms with Crippen LogP contribution in [0.3, 0.4) is 0 Å². The van der Waals surface area contributed by atoms with Crippen LogP contribution in [-0.4, -0.2) is 22.4 Å². The topological polar surface area (TPSA) is 51.2 Å². The van der Waals surface area contributed by atoms with Crippen molar-refractivity contribution in [1.29, 1.82) is 0 Å². The highest BCUT2D eigenvalue weighted by molar-refractivity contribution is 7.98. The molecule has 1 amide bonds. The number of amides is 1. The molecule has 0 aliphatic carbocycles. The average Bonchev–Trinajstić information content (AvgIpc) is 2.45. The van der Waals surface area contributed by atoms with Gasteiger partial charge in [-0.25, -0.2) is 4.79 Å². The molecule has 1 aromatic heterocycles. The van der Waals surface area contributed by atoms with Gasteiger partial charge in [0, 0.05) is 18.5 Å². The van der Waals surface area contributed by atoms with Crippen LogP contribution in [0.2, 0.25) is 0 Å². The summed E-state index contributed by atoms with van der Waals surface area (Å²) >= 11 is 1.89. The SMILES string of the molecule is CC.CC(C)(C)CSCc1ccc(CNC(=O)OC(C)(C)C)cn1. The largest absolute Gasteiger partial charge is 0.444 e. The molecule has 0 aliphatic heterocycles. The van der Waals surface area contributed by atoms with E-state index in [0.29, 0.717) is 12.0 Å². The molecular formula is C19H34N2O2S. The average molecular weight is 355 g/mol. The molecule has 1 heterocycles. The van der Waals surface area contributed by atoms with E-state index in [-0.39, 0.29) is 0 Å². The molecule has 0 saturated heterocycles. The summed E-state index contributed by atoms with van der Waals surface area (Å²) in [6.07, 6.45) is 1.40. The lowest BCUT2D eigenvalue weighted by molar-refractivity contribution is 0.0523. The van der Waals surface area contributed by atoms with Crippen LogP contribution >= 0.6 is 11.8 Å². The Morgan fingerprint density at radius 3 is 2.25 bits per heavy atom. The summed E-state index contributed by atoms with van der Waals surface area (Å²) in [7, 11) is 0. The number of hydrogen-bond donors (Lipinski definition) is 1. The third-order valence-electron chi connectivity index (χ3n) is 2.51. The Morgan fingerprint density at radius 1 is 1.17 bits per heavy atom. The van der Waals surface area contributed by atoms with Crippen molar-refractivity contribution in [3.05, 3.63) is 29.6 Å². The van der Waals surface area contributed by atoms with Crippen molar-refractivity contribution in [3.63, 3.8) is 0 Å². The Kier molecular flexibility index (Phi) is 10.1.